The lowest BCUT2D eigenvalue weighted by Crippen LogP contribution is -2.30. The number of carbonyl (C=O) groups excluding carboxylic acids is 1. The molecule has 1 aromatic rings. The first-order chi connectivity index (χ1) is 7.74. The molecule has 2 heteroatoms. The Hall–Kier alpha value is -1.31. The molecule has 0 spiro atoms. The van der Waals surface area contributed by atoms with E-state index in [2.05, 4.69) is 24.4 Å². The number of hydrogen-bond acceptors (Lipinski definition) is 1. The summed E-state index contributed by atoms with van der Waals surface area (Å²) in [7, 11) is 0. The topological polar surface area (TPSA) is 29.1 Å². The molecule has 1 amide bonds. The Morgan fingerprint density at radius 1 is 1.31 bits per heavy atom. The Balaban J connectivity index is 2.23. The molecule has 1 aromatic carbocycles. The van der Waals surface area contributed by atoms with E-state index in [1.165, 1.54) is 5.56 Å². The zero-order valence-corrected chi connectivity index (χ0v) is 10.2. The van der Waals surface area contributed by atoms with Crippen LogP contribution in [0.2, 0.25) is 0 Å². The molecule has 0 fully saturated rings. The highest BCUT2D eigenvalue weighted by Crippen LogP contribution is 2.04. The summed E-state index contributed by atoms with van der Waals surface area (Å²) in [4.78, 5) is 11.6. The van der Waals surface area contributed by atoms with Gasteiger partial charge in [0.15, 0.2) is 0 Å². The van der Waals surface area contributed by atoms with E-state index < -0.39 is 0 Å². The molecule has 1 unspecified atom stereocenters. The molecule has 0 aliphatic carbocycles. The van der Waals surface area contributed by atoms with Crippen molar-refractivity contribution < 1.29 is 4.79 Å². The Labute approximate surface area is 98.1 Å². The van der Waals surface area contributed by atoms with Gasteiger partial charge in [0.05, 0.1) is 0 Å². The molecule has 1 rings (SSSR count). The van der Waals surface area contributed by atoms with E-state index in [1.54, 1.807) is 0 Å². The Morgan fingerprint density at radius 3 is 2.62 bits per heavy atom. The van der Waals surface area contributed by atoms with Crippen molar-refractivity contribution >= 4 is 5.91 Å². The highest BCUT2D eigenvalue weighted by atomic mass is 16.1. The lowest BCUT2D eigenvalue weighted by atomic mass is 10.1. The lowest BCUT2D eigenvalue weighted by molar-refractivity contribution is -0.124. The van der Waals surface area contributed by atoms with Crippen LogP contribution in [-0.2, 0) is 11.2 Å². The van der Waals surface area contributed by atoms with Gasteiger partial charge in [0.25, 0.3) is 0 Å². The van der Waals surface area contributed by atoms with Gasteiger partial charge in [-0.25, -0.2) is 0 Å². The van der Waals surface area contributed by atoms with Crippen molar-refractivity contribution in [3.63, 3.8) is 0 Å². The summed E-state index contributed by atoms with van der Waals surface area (Å²) in [6.45, 7) is 4.83. The van der Waals surface area contributed by atoms with E-state index in [1.807, 2.05) is 25.1 Å². The van der Waals surface area contributed by atoms with Gasteiger partial charge < -0.3 is 5.32 Å². The fourth-order valence-electron chi connectivity index (χ4n) is 1.71. The Bertz CT molecular complexity index is 308. The number of carbonyl (C=O) groups is 1. The standard InChI is InChI=1S/C14H21NO/c1-3-7-12(2)14(16)15-11-10-13-8-5-4-6-9-13/h4-6,8-9,12H,3,7,10-11H2,1-2H3,(H,15,16). The monoisotopic (exact) mass is 219 g/mol. The average molecular weight is 219 g/mol. The summed E-state index contributed by atoms with van der Waals surface area (Å²) in [6.07, 6.45) is 2.94. The summed E-state index contributed by atoms with van der Waals surface area (Å²) in [5.41, 5.74) is 1.27. The second-order valence-electron chi connectivity index (χ2n) is 4.22. The molecule has 2 nitrogen and oxygen atoms in total. The molecular weight excluding hydrogens is 198 g/mol. The minimum absolute atomic E-state index is 0.140. The molecule has 1 atom stereocenters. The molecule has 0 radical (unpaired) electrons. The van der Waals surface area contributed by atoms with Crippen molar-refractivity contribution in [2.24, 2.45) is 5.92 Å². The second kappa shape index (κ2) is 7.04. The minimum atomic E-state index is 0.140. The van der Waals surface area contributed by atoms with Crippen molar-refractivity contribution in [1.82, 2.24) is 5.32 Å². The van der Waals surface area contributed by atoms with Crippen LogP contribution in [0.5, 0.6) is 0 Å². The summed E-state index contributed by atoms with van der Waals surface area (Å²) in [5, 5.41) is 2.98. The molecule has 1 N–H and O–H groups in total. The third-order valence-electron chi connectivity index (χ3n) is 2.73. The maximum absolute atomic E-state index is 11.6. The van der Waals surface area contributed by atoms with Gasteiger partial charge in [-0.3, -0.25) is 4.79 Å². The van der Waals surface area contributed by atoms with Crippen LogP contribution < -0.4 is 5.32 Å². The predicted octanol–water partition coefficient (Wildman–Crippen LogP) is 2.78. The zero-order valence-electron chi connectivity index (χ0n) is 10.2. The van der Waals surface area contributed by atoms with Crippen LogP contribution in [0.1, 0.15) is 32.3 Å². The number of nitrogens with one attached hydrogen (secondary N) is 1. The van der Waals surface area contributed by atoms with Gasteiger partial charge in [-0.15, -0.1) is 0 Å². The zero-order chi connectivity index (χ0) is 11.8. The van der Waals surface area contributed by atoms with E-state index in [4.69, 9.17) is 0 Å². The third kappa shape index (κ3) is 4.47. The maximum atomic E-state index is 11.6. The van der Waals surface area contributed by atoms with Crippen molar-refractivity contribution in [3.8, 4) is 0 Å². The van der Waals surface area contributed by atoms with Crippen LogP contribution in [0, 0.1) is 5.92 Å². The number of benzene rings is 1. The van der Waals surface area contributed by atoms with Crippen LogP contribution in [0.3, 0.4) is 0 Å². The Morgan fingerprint density at radius 2 is 2.00 bits per heavy atom. The van der Waals surface area contributed by atoms with Gasteiger partial charge in [-0.05, 0) is 18.4 Å². The van der Waals surface area contributed by atoms with Gasteiger partial charge in [-0.1, -0.05) is 50.6 Å². The van der Waals surface area contributed by atoms with E-state index in [0.29, 0.717) is 0 Å². The highest BCUT2D eigenvalue weighted by molar-refractivity contribution is 5.78. The summed E-state index contributed by atoms with van der Waals surface area (Å²) >= 11 is 0. The van der Waals surface area contributed by atoms with Crippen LogP contribution in [0.25, 0.3) is 0 Å². The van der Waals surface area contributed by atoms with E-state index >= 15 is 0 Å². The summed E-state index contributed by atoms with van der Waals surface area (Å²) in [6, 6.07) is 10.2. The maximum Gasteiger partial charge on any atom is 0.222 e. The third-order valence-corrected chi connectivity index (χ3v) is 2.73. The van der Waals surface area contributed by atoms with Crippen LogP contribution in [0.4, 0.5) is 0 Å². The summed E-state index contributed by atoms with van der Waals surface area (Å²) in [5.74, 6) is 0.318. The quantitative estimate of drug-likeness (QED) is 0.783. The number of amides is 1. The SMILES string of the molecule is CCCC(C)C(=O)NCCc1ccccc1. The number of hydrogen-bond donors (Lipinski definition) is 1. The molecule has 0 saturated heterocycles. The van der Waals surface area contributed by atoms with Gasteiger partial charge in [0.2, 0.25) is 5.91 Å². The molecule has 88 valence electrons. The highest BCUT2D eigenvalue weighted by Gasteiger charge is 2.10. The molecule has 0 aliphatic heterocycles. The van der Waals surface area contributed by atoms with Crippen molar-refractivity contribution in [2.45, 2.75) is 33.1 Å². The molecule has 0 bridgehead atoms. The van der Waals surface area contributed by atoms with Crippen molar-refractivity contribution in [2.75, 3.05) is 6.54 Å². The molecular formula is C14H21NO. The number of rotatable bonds is 6. The molecule has 0 aliphatic rings. The normalized spacial score (nSPS) is 12.1. The molecule has 0 aromatic heterocycles. The predicted molar refractivity (Wildman–Crippen MR) is 67.2 cm³/mol. The van der Waals surface area contributed by atoms with Crippen molar-refractivity contribution in [3.05, 3.63) is 35.9 Å². The van der Waals surface area contributed by atoms with Crippen LogP contribution in [-0.4, -0.2) is 12.5 Å². The minimum Gasteiger partial charge on any atom is -0.356 e. The average Bonchev–Trinajstić information content (AvgIpc) is 2.30. The first-order valence-electron chi connectivity index (χ1n) is 6.05. The van der Waals surface area contributed by atoms with Gasteiger partial charge in [-0.2, -0.15) is 0 Å². The van der Waals surface area contributed by atoms with Gasteiger partial charge >= 0.3 is 0 Å². The smallest absolute Gasteiger partial charge is 0.222 e. The largest absolute Gasteiger partial charge is 0.356 e. The molecule has 0 heterocycles. The van der Waals surface area contributed by atoms with Gasteiger partial charge in [0, 0.05) is 12.5 Å². The summed E-state index contributed by atoms with van der Waals surface area (Å²) < 4.78 is 0. The first-order valence-corrected chi connectivity index (χ1v) is 6.05. The van der Waals surface area contributed by atoms with Crippen LogP contribution >= 0.6 is 0 Å². The van der Waals surface area contributed by atoms with E-state index in [-0.39, 0.29) is 11.8 Å². The molecule has 16 heavy (non-hydrogen) atoms. The van der Waals surface area contributed by atoms with Gasteiger partial charge in [0.1, 0.15) is 0 Å². The van der Waals surface area contributed by atoms with E-state index in [0.717, 1.165) is 25.8 Å². The lowest BCUT2D eigenvalue weighted by Gasteiger charge is -2.10. The first kappa shape index (κ1) is 12.8. The van der Waals surface area contributed by atoms with Crippen molar-refractivity contribution in [1.29, 1.82) is 0 Å². The van der Waals surface area contributed by atoms with E-state index in [9.17, 15) is 4.79 Å². The fraction of sp³-hybridized carbons (Fsp3) is 0.500. The second-order valence-corrected chi connectivity index (χ2v) is 4.22. The van der Waals surface area contributed by atoms with Crippen LogP contribution in [0.15, 0.2) is 30.3 Å². The Kier molecular flexibility index (Phi) is 5.62. The fourth-order valence-corrected chi connectivity index (χ4v) is 1.71. The molecule has 0 saturated carbocycles.